The fourth-order valence-corrected chi connectivity index (χ4v) is 3.56. The van der Waals surface area contributed by atoms with E-state index in [0.29, 0.717) is 25.2 Å². The molecule has 0 aliphatic rings. The van der Waals surface area contributed by atoms with Gasteiger partial charge in [-0.3, -0.25) is 0 Å². The van der Waals surface area contributed by atoms with Crippen molar-refractivity contribution in [3.63, 3.8) is 0 Å². The molecule has 0 spiro atoms. The summed E-state index contributed by atoms with van der Waals surface area (Å²) >= 11 is 0. The Labute approximate surface area is 194 Å². The molecule has 0 atom stereocenters. The van der Waals surface area contributed by atoms with E-state index in [1.807, 2.05) is 54.6 Å². The summed E-state index contributed by atoms with van der Waals surface area (Å²) in [6.07, 6.45) is 0. The molecule has 2 N–H and O–H groups in total. The highest BCUT2D eigenvalue weighted by Gasteiger charge is 2.11. The number of carbonyl (C=O) groups excluding carboxylic acids is 1. The zero-order chi connectivity index (χ0) is 23.6. The van der Waals surface area contributed by atoms with Crippen molar-refractivity contribution in [3.8, 4) is 17.2 Å². The standard InChI is InChI=1S/C26H30N2O5/c1-30-22-12-11-20(24(14-22)31-2)16-27-17-21-9-6-10-23(25(21)32-3)28-15-18-7-5-8-19(13-18)26(29)33-4/h5-14,27-28H,15-17H2,1-4H3. The predicted molar refractivity (Wildman–Crippen MR) is 128 cm³/mol. The molecule has 0 unspecified atom stereocenters. The number of methoxy groups -OCH3 is 4. The van der Waals surface area contributed by atoms with Gasteiger partial charge in [0.25, 0.3) is 0 Å². The maximum absolute atomic E-state index is 11.8. The van der Waals surface area contributed by atoms with Crippen molar-refractivity contribution in [1.29, 1.82) is 0 Å². The van der Waals surface area contributed by atoms with E-state index in [1.165, 1.54) is 7.11 Å². The number of esters is 1. The summed E-state index contributed by atoms with van der Waals surface area (Å²) in [6, 6.07) is 19.1. The highest BCUT2D eigenvalue weighted by atomic mass is 16.5. The third kappa shape index (κ3) is 6.17. The van der Waals surface area contributed by atoms with Gasteiger partial charge in [0, 0.05) is 36.8 Å². The second-order valence-electron chi connectivity index (χ2n) is 7.32. The number of ether oxygens (including phenoxy) is 4. The van der Waals surface area contributed by atoms with E-state index in [1.54, 1.807) is 27.4 Å². The normalized spacial score (nSPS) is 10.4. The van der Waals surface area contributed by atoms with Crippen LogP contribution in [0.5, 0.6) is 17.2 Å². The molecule has 0 saturated heterocycles. The fourth-order valence-electron chi connectivity index (χ4n) is 3.56. The first-order valence-corrected chi connectivity index (χ1v) is 10.6. The third-order valence-corrected chi connectivity index (χ3v) is 5.26. The minimum absolute atomic E-state index is 0.351. The van der Waals surface area contributed by atoms with Crippen LogP contribution in [0.3, 0.4) is 0 Å². The van der Waals surface area contributed by atoms with E-state index in [4.69, 9.17) is 18.9 Å². The largest absolute Gasteiger partial charge is 0.497 e. The van der Waals surface area contributed by atoms with Crippen molar-refractivity contribution in [2.45, 2.75) is 19.6 Å². The minimum Gasteiger partial charge on any atom is -0.497 e. The van der Waals surface area contributed by atoms with E-state index in [2.05, 4.69) is 10.6 Å². The summed E-state index contributed by atoms with van der Waals surface area (Å²) in [6.45, 7) is 1.79. The summed E-state index contributed by atoms with van der Waals surface area (Å²) in [7, 11) is 6.32. The van der Waals surface area contributed by atoms with Crippen LogP contribution in [0.25, 0.3) is 0 Å². The maximum Gasteiger partial charge on any atom is 0.337 e. The number of benzene rings is 3. The molecule has 3 aromatic carbocycles. The molecule has 0 aliphatic carbocycles. The molecule has 0 fully saturated rings. The molecule has 0 aliphatic heterocycles. The predicted octanol–water partition coefficient (Wildman–Crippen LogP) is 4.40. The summed E-state index contributed by atoms with van der Waals surface area (Å²) in [5.74, 6) is 1.96. The third-order valence-electron chi connectivity index (χ3n) is 5.26. The second kappa shape index (κ2) is 11.8. The maximum atomic E-state index is 11.8. The Morgan fingerprint density at radius 2 is 1.58 bits per heavy atom. The monoisotopic (exact) mass is 450 g/mol. The number of para-hydroxylation sites is 1. The van der Waals surface area contributed by atoms with Crippen molar-refractivity contribution >= 4 is 11.7 Å². The average Bonchev–Trinajstić information content (AvgIpc) is 2.87. The molecule has 0 aromatic heterocycles. The minimum atomic E-state index is -0.351. The van der Waals surface area contributed by atoms with Gasteiger partial charge in [-0.1, -0.05) is 30.3 Å². The molecule has 3 aromatic rings. The molecular formula is C26H30N2O5. The smallest absolute Gasteiger partial charge is 0.337 e. The quantitative estimate of drug-likeness (QED) is 0.419. The molecule has 174 valence electrons. The summed E-state index contributed by atoms with van der Waals surface area (Å²) in [5.41, 5.74) is 4.43. The van der Waals surface area contributed by atoms with Crippen LogP contribution in [0.4, 0.5) is 5.69 Å². The number of hydrogen-bond acceptors (Lipinski definition) is 7. The average molecular weight is 451 g/mol. The van der Waals surface area contributed by atoms with Crippen molar-refractivity contribution in [3.05, 3.63) is 82.9 Å². The molecule has 33 heavy (non-hydrogen) atoms. The molecule has 3 rings (SSSR count). The van der Waals surface area contributed by atoms with Crippen LogP contribution < -0.4 is 24.8 Å². The molecule has 7 heteroatoms. The fraction of sp³-hybridized carbons (Fsp3) is 0.269. The van der Waals surface area contributed by atoms with E-state index in [9.17, 15) is 4.79 Å². The Morgan fingerprint density at radius 1 is 0.788 bits per heavy atom. The van der Waals surface area contributed by atoms with Gasteiger partial charge >= 0.3 is 5.97 Å². The van der Waals surface area contributed by atoms with Crippen LogP contribution in [0.2, 0.25) is 0 Å². The lowest BCUT2D eigenvalue weighted by Crippen LogP contribution is -2.14. The molecule has 0 saturated carbocycles. The topological polar surface area (TPSA) is 78.1 Å². The van der Waals surface area contributed by atoms with Gasteiger partial charge in [0.1, 0.15) is 17.2 Å². The van der Waals surface area contributed by atoms with Crippen LogP contribution in [0.1, 0.15) is 27.0 Å². The van der Waals surface area contributed by atoms with Crippen LogP contribution in [0.15, 0.2) is 60.7 Å². The lowest BCUT2D eigenvalue weighted by atomic mass is 10.1. The number of carbonyl (C=O) groups is 1. The number of anilines is 1. The van der Waals surface area contributed by atoms with Gasteiger partial charge in [-0.2, -0.15) is 0 Å². The Morgan fingerprint density at radius 3 is 2.30 bits per heavy atom. The first kappa shape index (κ1) is 23.9. The highest BCUT2D eigenvalue weighted by Crippen LogP contribution is 2.30. The van der Waals surface area contributed by atoms with Crippen LogP contribution in [-0.2, 0) is 24.4 Å². The lowest BCUT2D eigenvalue weighted by Gasteiger charge is -2.16. The van der Waals surface area contributed by atoms with Gasteiger partial charge in [0.05, 0.1) is 39.7 Å². The van der Waals surface area contributed by atoms with Crippen molar-refractivity contribution in [2.24, 2.45) is 0 Å². The highest BCUT2D eigenvalue weighted by molar-refractivity contribution is 5.89. The Kier molecular flexibility index (Phi) is 8.55. The summed E-state index contributed by atoms with van der Waals surface area (Å²) in [4.78, 5) is 11.8. The molecule has 0 amide bonds. The SMILES string of the molecule is COC(=O)c1cccc(CNc2cccc(CNCc3ccc(OC)cc3OC)c2OC)c1. The molecule has 0 radical (unpaired) electrons. The van der Waals surface area contributed by atoms with Gasteiger partial charge in [0.2, 0.25) is 0 Å². The Hall–Kier alpha value is -3.71. The van der Waals surface area contributed by atoms with Gasteiger partial charge < -0.3 is 29.6 Å². The number of hydrogen-bond donors (Lipinski definition) is 2. The first-order valence-electron chi connectivity index (χ1n) is 10.6. The van der Waals surface area contributed by atoms with Crippen molar-refractivity contribution in [2.75, 3.05) is 33.8 Å². The van der Waals surface area contributed by atoms with Gasteiger partial charge in [-0.15, -0.1) is 0 Å². The second-order valence-corrected chi connectivity index (χ2v) is 7.32. The zero-order valence-corrected chi connectivity index (χ0v) is 19.4. The van der Waals surface area contributed by atoms with Crippen LogP contribution >= 0.6 is 0 Å². The summed E-state index contributed by atoms with van der Waals surface area (Å²) < 4.78 is 21.2. The van der Waals surface area contributed by atoms with E-state index in [0.717, 1.165) is 39.6 Å². The van der Waals surface area contributed by atoms with Gasteiger partial charge in [-0.05, 0) is 29.8 Å². The van der Waals surface area contributed by atoms with Gasteiger partial charge in [-0.25, -0.2) is 4.79 Å². The van der Waals surface area contributed by atoms with E-state index < -0.39 is 0 Å². The van der Waals surface area contributed by atoms with E-state index in [-0.39, 0.29) is 5.97 Å². The molecular weight excluding hydrogens is 420 g/mol. The Bertz CT molecular complexity index is 1080. The van der Waals surface area contributed by atoms with Crippen LogP contribution in [0, 0.1) is 0 Å². The van der Waals surface area contributed by atoms with Gasteiger partial charge in [0.15, 0.2) is 0 Å². The van der Waals surface area contributed by atoms with E-state index >= 15 is 0 Å². The van der Waals surface area contributed by atoms with Crippen LogP contribution in [-0.4, -0.2) is 34.4 Å². The van der Waals surface area contributed by atoms with Crippen molar-refractivity contribution in [1.82, 2.24) is 5.32 Å². The lowest BCUT2D eigenvalue weighted by molar-refractivity contribution is 0.0600. The number of rotatable bonds is 11. The first-order chi connectivity index (χ1) is 16.1. The molecule has 0 heterocycles. The number of nitrogens with one attached hydrogen (secondary N) is 2. The molecule has 7 nitrogen and oxygen atoms in total. The summed E-state index contributed by atoms with van der Waals surface area (Å²) in [5, 5.41) is 6.86. The zero-order valence-electron chi connectivity index (χ0n) is 19.4. The van der Waals surface area contributed by atoms with Crippen molar-refractivity contribution < 1.29 is 23.7 Å². The molecule has 0 bridgehead atoms. The Balaban J connectivity index is 1.66.